The molecule has 0 saturated heterocycles. The van der Waals surface area contributed by atoms with Crippen molar-refractivity contribution in [1.29, 1.82) is 0 Å². The molecule has 0 saturated carbocycles. The average molecular weight is 363 g/mol. The first-order valence-electron chi connectivity index (χ1n) is 7.30. The number of hydrogen-bond donors (Lipinski definition) is 2. The third-order valence-corrected chi connectivity index (χ3v) is 3.49. The number of halogens is 1. The van der Waals surface area contributed by atoms with Gasteiger partial charge in [-0.25, -0.2) is 14.6 Å². The van der Waals surface area contributed by atoms with E-state index in [9.17, 15) is 9.18 Å². The van der Waals surface area contributed by atoms with Gasteiger partial charge < -0.3 is 9.47 Å². The van der Waals surface area contributed by atoms with E-state index >= 15 is 0 Å². The van der Waals surface area contributed by atoms with Crippen molar-refractivity contribution in [1.82, 2.24) is 10.1 Å². The Morgan fingerprint density at radius 1 is 1.28 bits per heavy atom. The summed E-state index contributed by atoms with van der Waals surface area (Å²) in [6, 6.07) is 11.1. The summed E-state index contributed by atoms with van der Waals surface area (Å²) in [5.74, 6) is 0.632. The lowest BCUT2D eigenvalue weighted by Crippen LogP contribution is -2.26. The van der Waals surface area contributed by atoms with Crippen LogP contribution < -0.4 is 19.6 Å². The minimum Gasteiger partial charge on any atom is -0.493 e. The van der Waals surface area contributed by atoms with E-state index in [-0.39, 0.29) is 12.4 Å². The molecule has 0 aromatic heterocycles. The normalized spacial score (nSPS) is 10.5. The van der Waals surface area contributed by atoms with E-state index in [1.165, 1.54) is 31.3 Å². The predicted octanol–water partition coefficient (Wildman–Crippen LogP) is 3.32. The monoisotopic (exact) mass is 363 g/mol. The zero-order valence-corrected chi connectivity index (χ0v) is 14.6. The molecule has 2 aromatic rings. The Balaban J connectivity index is 2.07. The maximum atomic E-state index is 13.7. The molecule has 2 N–H and O–H groups in total. The highest BCUT2D eigenvalue weighted by molar-refractivity contribution is 7.97. The molecule has 6 nitrogen and oxygen atoms in total. The molecule has 8 heteroatoms. The molecule has 25 heavy (non-hydrogen) atoms. The Bertz CT molecular complexity index is 756. The fourth-order valence-corrected chi connectivity index (χ4v) is 2.17. The van der Waals surface area contributed by atoms with Crippen molar-refractivity contribution >= 4 is 24.2 Å². The molecular formula is C17H18FN3O3S. The van der Waals surface area contributed by atoms with E-state index in [1.807, 2.05) is 0 Å². The molecule has 0 spiro atoms. The number of nitrogens with one attached hydrogen (secondary N) is 2. The van der Waals surface area contributed by atoms with Crippen LogP contribution in [0.15, 0.2) is 47.6 Å². The molecule has 2 aromatic carbocycles. The summed E-state index contributed by atoms with van der Waals surface area (Å²) in [5.41, 5.74) is 3.45. The van der Waals surface area contributed by atoms with Crippen molar-refractivity contribution in [2.75, 3.05) is 13.4 Å². The van der Waals surface area contributed by atoms with Gasteiger partial charge in [0.1, 0.15) is 12.4 Å². The highest BCUT2D eigenvalue weighted by atomic mass is 32.2. The van der Waals surface area contributed by atoms with Crippen molar-refractivity contribution in [3.05, 3.63) is 59.4 Å². The molecule has 0 bridgehead atoms. The highest BCUT2D eigenvalue weighted by Crippen LogP contribution is 2.28. The Morgan fingerprint density at radius 2 is 2.08 bits per heavy atom. The summed E-state index contributed by atoms with van der Waals surface area (Å²) in [4.78, 5) is 11.3. The van der Waals surface area contributed by atoms with Gasteiger partial charge in [0.15, 0.2) is 11.5 Å². The first kappa shape index (κ1) is 18.6. The fourth-order valence-electron chi connectivity index (χ4n) is 1.94. The topological polar surface area (TPSA) is 72.0 Å². The van der Waals surface area contributed by atoms with Crippen LogP contribution in [0.1, 0.15) is 11.1 Å². The summed E-state index contributed by atoms with van der Waals surface area (Å²) in [7, 11) is 1.52. The maximum Gasteiger partial charge on any atom is 0.345 e. The van der Waals surface area contributed by atoms with Gasteiger partial charge >= 0.3 is 6.03 Å². The van der Waals surface area contributed by atoms with Gasteiger partial charge in [0.05, 0.1) is 13.3 Å². The number of nitrogens with zero attached hydrogens (tertiary/aromatic N) is 1. The number of carbonyl (C=O) groups excluding carboxylic acids is 1. The van der Waals surface area contributed by atoms with Crippen LogP contribution >= 0.6 is 11.9 Å². The summed E-state index contributed by atoms with van der Waals surface area (Å²) in [6.45, 7) is 0.0675. The van der Waals surface area contributed by atoms with E-state index < -0.39 is 6.03 Å². The Kier molecular flexibility index (Phi) is 7.09. The summed E-state index contributed by atoms with van der Waals surface area (Å²) >= 11 is 1.17. The number of amides is 2. The molecule has 132 valence electrons. The van der Waals surface area contributed by atoms with Gasteiger partial charge in [-0.3, -0.25) is 4.72 Å². The second kappa shape index (κ2) is 9.53. The number of hydrogen-bond acceptors (Lipinski definition) is 5. The highest BCUT2D eigenvalue weighted by Gasteiger charge is 2.08. The van der Waals surface area contributed by atoms with Gasteiger partial charge in [-0.2, -0.15) is 5.10 Å². The predicted molar refractivity (Wildman–Crippen MR) is 96.5 cm³/mol. The first-order valence-corrected chi connectivity index (χ1v) is 8.52. The van der Waals surface area contributed by atoms with Crippen molar-refractivity contribution in [3.63, 3.8) is 0 Å². The number of methoxy groups -OCH3 is 1. The molecule has 0 aliphatic carbocycles. The molecule has 0 radical (unpaired) electrons. The van der Waals surface area contributed by atoms with Crippen molar-refractivity contribution in [2.45, 2.75) is 6.61 Å². The largest absolute Gasteiger partial charge is 0.493 e. The summed E-state index contributed by atoms with van der Waals surface area (Å²) in [5, 5.41) is 3.83. The SMILES string of the molecule is COc1ccc(/C=N/NC(=O)NSC)cc1OCc1ccccc1F. The summed E-state index contributed by atoms with van der Waals surface area (Å²) in [6.07, 6.45) is 3.20. The zero-order chi connectivity index (χ0) is 18.1. The van der Waals surface area contributed by atoms with Crippen LogP contribution in [0, 0.1) is 5.82 Å². The second-order valence-electron chi connectivity index (χ2n) is 4.80. The van der Waals surface area contributed by atoms with Crippen LogP contribution in [0.4, 0.5) is 9.18 Å². The molecule has 0 unspecified atom stereocenters. The Hall–Kier alpha value is -2.74. The second-order valence-corrected chi connectivity index (χ2v) is 5.41. The first-order chi connectivity index (χ1) is 12.1. The van der Waals surface area contributed by atoms with E-state index in [1.54, 1.807) is 42.7 Å². The lowest BCUT2D eigenvalue weighted by atomic mass is 10.2. The van der Waals surface area contributed by atoms with Gasteiger partial charge in [-0.15, -0.1) is 0 Å². The van der Waals surface area contributed by atoms with Crippen LogP contribution in [0.5, 0.6) is 11.5 Å². The van der Waals surface area contributed by atoms with Crippen LogP contribution in [0.25, 0.3) is 0 Å². The maximum absolute atomic E-state index is 13.7. The number of ether oxygens (including phenoxy) is 2. The van der Waals surface area contributed by atoms with E-state index in [0.717, 1.165) is 0 Å². The van der Waals surface area contributed by atoms with Gasteiger partial charge in [-0.05, 0) is 29.8 Å². The minimum absolute atomic E-state index is 0.0675. The third-order valence-electron chi connectivity index (χ3n) is 3.10. The van der Waals surface area contributed by atoms with Crippen LogP contribution in [-0.4, -0.2) is 25.6 Å². The average Bonchev–Trinajstić information content (AvgIpc) is 2.61. The third kappa shape index (κ3) is 5.68. The molecule has 2 amide bonds. The van der Waals surface area contributed by atoms with Crippen molar-refractivity contribution < 1.29 is 18.7 Å². The fraction of sp³-hybridized carbons (Fsp3) is 0.176. The van der Waals surface area contributed by atoms with E-state index in [0.29, 0.717) is 22.6 Å². The lowest BCUT2D eigenvalue weighted by molar-refractivity contribution is 0.247. The number of rotatable bonds is 7. The van der Waals surface area contributed by atoms with Crippen LogP contribution in [-0.2, 0) is 6.61 Å². The number of hydrazone groups is 1. The smallest absolute Gasteiger partial charge is 0.345 e. The zero-order valence-electron chi connectivity index (χ0n) is 13.8. The lowest BCUT2D eigenvalue weighted by Gasteiger charge is -2.11. The number of urea groups is 1. The molecule has 0 heterocycles. The molecule has 0 aliphatic heterocycles. The number of benzene rings is 2. The number of carbonyl (C=O) groups is 1. The van der Waals surface area contributed by atoms with Crippen molar-refractivity contribution in [3.8, 4) is 11.5 Å². The molecule has 0 aliphatic rings. The van der Waals surface area contributed by atoms with E-state index in [2.05, 4.69) is 15.2 Å². The quantitative estimate of drug-likeness (QED) is 0.450. The molecule has 0 fully saturated rings. The van der Waals surface area contributed by atoms with E-state index in [4.69, 9.17) is 9.47 Å². The molecule has 0 atom stereocenters. The Labute approximate surface area is 149 Å². The molecular weight excluding hydrogens is 345 g/mol. The minimum atomic E-state index is -0.423. The van der Waals surface area contributed by atoms with Gasteiger partial charge in [-0.1, -0.05) is 30.1 Å². The van der Waals surface area contributed by atoms with Gasteiger partial charge in [0.2, 0.25) is 0 Å². The van der Waals surface area contributed by atoms with Crippen molar-refractivity contribution in [2.24, 2.45) is 5.10 Å². The Morgan fingerprint density at radius 3 is 2.80 bits per heavy atom. The molecule has 2 rings (SSSR count). The van der Waals surface area contributed by atoms with Crippen LogP contribution in [0.2, 0.25) is 0 Å². The summed E-state index contributed by atoms with van der Waals surface area (Å²) < 4.78 is 27.1. The standard InChI is InChI=1S/C17H18FN3O3S/c1-23-15-8-7-12(10-19-20-17(22)21-25-2)9-16(15)24-11-13-5-3-4-6-14(13)18/h3-10H,11H2,1-2H3,(H2,20,21,22)/b19-10+. The van der Waals surface area contributed by atoms with Gasteiger partial charge in [0, 0.05) is 11.8 Å². The van der Waals surface area contributed by atoms with Crippen LogP contribution in [0.3, 0.4) is 0 Å². The van der Waals surface area contributed by atoms with Gasteiger partial charge in [0.25, 0.3) is 0 Å².